The molecule has 0 fully saturated rings. The van der Waals surface area contributed by atoms with E-state index in [4.69, 9.17) is 0 Å². The van der Waals surface area contributed by atoms with E-state index in [9.17, 15) is 9.18 Å². The highest BCUT2D eigenvalue weighted by molar-refractivity contribution is 5.54. The summed E-state index contributed by atoms with van der Waals surface area (Å²) in [5.74, 6) is -0.169. The number of aromatic nitrogens is 2. The molecule has 0 saturated heterocycles. The zero-order valence-electron chi connectivity index (χ0n) is 8.85. The SMILES string of the molecule is Cc1ccn(-c2ncc(CC=O)cc2F)c1. The Bertz CT molecular complexity index is 519. The number of carbonyl (C=O) groups excluding carboxylic acids is 1. The fourth-order valence-corrected chi connectivity index (χ4v) is 1.50. The molecule has 0 saturated carbocycles. The van der Waals surface area contributed by atoms with Crippen LogP contribution in [0.5, 0.6) is 0 Å². The van der Waals surface area contributed by atoms with E-state index in [1.165, 1.54) is 12.3 Å². The largest absolute Gasteiger partial charge is 0.306 e. The topological polar surface area (TPSA) is 34.9 Å². The summed E-state index contributed by atoms with van der Waals surface area (Å²) in [5, 5.41) is 0. The molecule has 0 N–H and O–H groups in total. The molecular formula is C12H11FN2O. The molecule has 82 valence electrons. The first kappa shape index (κ1) is 10.5. The minimum absolute atomic E-state index is 0.189. The number of rotatable bonds is 3. The second-order valence-electron chi connectivity index (χ2n) is 3.62. The molecule has 0 aliphatic heterocycles. The third kappa shape index (κ3) is 2.00. The summed E-state index contributed by atoms with van der Waals surface area (Å²) in [6.45, 7) is 1.93. The van der Waals surface area contributed by atoms with Crippen LogP contribution in [0.2, 0.25) is 0 Å². The van der Waals surface area contributed by atoms with E-state index in [2.05, 4.69) is 4.98 Å². The Morgan fingerprint density at radius 3 is 2.94 bits per heavy atom. The molecule has 3 nitrogen and oxygen atoms in total. The van der Waals surface area contributed by atoms with E-state index >= 15 is 0 Å². The van der Waals surface area contributed by atoms with Gasteiger partial charge in [-0.1, -0.05) is 0 Å². The first-order valence-electron chi connectivity index (χ1n) is 4.94. The molecule has 0 atom stereocenters. The average Bonchev–Trinajstić information content (AvgIpc) is 2.65. The number of aldehydes is 1. The zero-order chi connectivity index (χ0) is 11.5. The highest BCUT2D eigenvalue weighted by Crippen LogP contribution is 2.13. The van der Waals surface area contributed by atoms with Gasteiger partial charge < -0.3 is 9.36 Å². The summed E-state index contributed by atoms with van der Waals surface area (Å²) in [7, 11) is 0. The maximum Gasteiger partial charge on any atom is 0.173 e. The van der Waals surface area contributed by atoms with Crippen molar-refractivity contribution in [2.24, 2.45) is 0 Å². The van der Waals surface area contributed by atoms with Crippen molar-refractivity contribution in [1.82, 2.24) is 9.55 Å². The smallest absolute Gasteiger partial charge is 0.173 e. The molecule has 0 radical (unpaired) electrons. The van der Waals surface area contributed by atoms with E-state index in [0.29, 0.717) is 5.56 Å². The average molecular weight is 218 g/mol. The van der Waals surface area contributed by atoms with Crippen LogP contribution in [0.4, 0.5) is 4.39 Å². The van der Waals surface area contributed by atoms with Crippen LogP contribution in [0, 0.1) is 12.7 Å². The second-order valence-corrected chi connectivity index (χ2v) is 3.62. The minimum atomic E-state index is -0.421. The lowest BCUT2D eigenvalue weighted by atomic mass is 10.2. The molecule has 2 aromatic heterocycles. The summed E-state index contributed by atoms with van der Waals surface area (Å²) < 4.78 is 15.3. The van der Waals surface area contributed by atoms with Crippen molar-refractivity contribution < 1.29 is 9.18 Å². The molecule has 0 unspecified atom stereocenters. The Hall–Kier alpha value is -1.97. The van der Waals surface area contributed by atoms with E-state index in [-0.39, 0.29) is 12.2 Å². The van der Waals surface area contributed by atoms with Gasteiger partial charge in [-0.15, -0.1) is 0 Å². The molecule has 0 aliphatic rings. The number of nitrogens with zero attached hydrogens (tertiary/aromatic N) is 2. The monoisotopic (exact) mass is 218 g/mol. The van der Waals surface area contributed by atoms with Crippen LogP contribution in [0.3, 0.4) is 0 Å². The third-order valence-corrected chi connectivity index (χ3v) is 2.28. The fraction of sp³-hybridized carbons (Fsp3) is 0.167. The van der Waals surface area contributed by atoms with E-state index < -0.39 is 5.82 Å². The fourth-order valence-electron chi connectivity index (χ4n) is 1.50. The van der Waals surface area contributed by atoms with Crippen LogP contribution >= 0.6 is 0 Å². The van der Waals surface area contributed by atoms with Crippen LogP contribution in [0.15, 0.2) is 30.7 Å². The second kappa shape index (κ2) is 4.26. The van der Waals surface area contributed by atoms with Crippen LogP contribution in [0.25, 0.3) is 5.82 Å². The maximum atomic E-state index is 13.7. The van der Waals surface area contributed by atoms with Gasteiger partial charge in [-0.2, -0.15) is 0 Å². The number of pyridine rings is 1. The predicted octanol–water partition coefficient (Wildman–Crippen LogP) is 2.06. The lowest BCUT2D eigenvalue weighted by Gasteiger charge is -2.04. The van der Waals surface area contributed by atoms with Crippen molar-refractivity contribution >= 4 is 6.29 Å². The van der Waals surface area contributed by atoms with Crippen molar-refractivity contribution in [2.75, 3.05) is 0 Å². The van der Waals surface area contributed by atoms with Gasteiger partial charge in [0.1, 0.15) is 6.29 Å². The minimum Gasteiger partial charge on any atom is -0.306 e. The summed E-state index contributed by atoms with van der Waals surface area (Å²) in [4.78, 5) is 14.3. The zero-order valence-corrected chi connectivity index (χ0v) is 8.85. The number of hydrogen-bond acceptors (Lipinski definition) is 2. The predicted molar refractivity (Wildman–Crippen MR) is 58.0 cm³/mol. The molecule has 0 aromatic carbocycles. The maximum absolute atomic E-state index is 13.7. The summed E-state index contributed by atoms with van der Waals surface area (Å²) in [6.07, 6.45) is 5.98. The van der Waals surface area contributed by atoms with Crippen LogP contribution in [-0.4, -0.2) is 15.8 Å². The highest BCUT2D eigenvalue weighted by atomic mass is 19.1. The van der Waals surface area contributed by atoms with Crippen molar-refractivity contribution in [1.29, 1.82) is 0 Å². The molecule has 2 heterocycles. The van der Waals surface area contributed by atoms with Crippen molar-refractivity contribution in [3.8, 4) is 5.82 Å². The van der Waals surface area contributed by atoms with Gasteiger partial charge in [0.15, 0.2) is 11.6 Å². The molecule has 0 bridgehead atoms. The first-order chi connectivity index (χ1) is 7.70. The molecular weight excluding hydrogens is 207 g/mol. The molecule has 2 rings (SSSR count). The van der Waals surface area contributed by atoms with Gasteiger partial charge in [0.2, 0.25) is 0 Å². The standard InChI is InChI=1S/C12H11FN2O/c1-9-2-4-15(8-9)12-11(13)6-10(3-5-16)7-14-12/h2,4-8H,3H2,1H3. The van der Waals surface area contributed by atoms with Crippen molar-refractivity contribution in [3.63, 3.8) is 0 Å². The normalized spacial score (nSPS) is 10.4. The summed E-state index contributed by atoms with van der Waals surface area (Å²) >= 11 is 0. The third-order valence-electron chi connectivity index (χ3n) is 2.28. The molecule has 4 heteroatoms. The Balaban J connectivity index is 2.39. The van der Waals surface area contributed by atoms with Crippen LogP contribution < -0.4 is 0 Å². The Morgan fingerprint density at radius 1 is 1.56 bits per heavy atom. The van der Waals surface area contributed by atoms with Crippen molar-refractivity contribution in [3.05, 3.63) is 47.7 Å². The highest BCUT2D eigenvalue weighted by Gasteiger charge is 2.07. The van der Waals surface area contributed by atoms with Gasteiger partial charge in [-0.05, 0) is 30.2 Å². The Labute approximate surface area is 92.5 Å². The van der Waals surface area contributed by atoms with E-state index in [0.717, 1.165) is 11.8 Å². The first-order valence-corrected chi connectivity index (χ1v) is 4.94. The molecule has 0 amide bonds. The molecule has 2 aromatic rings. The number of halogens is 1. The van der Waals surface area contributed by atoms with E-state index in [1.54, 1.807) is 17.0 Å². The van der Waals surface area contributed by atoms with Gasteiger partial charge in [0, 0.05) is 25.0 Å². The van der Waals surface area contributed by atoms with E-state index in [1.807, 2.05) is 13.0 Å². The van der Waals surface area contributed by atoms with Gasteiger partial charge in [-0.3, -0.25) is 0 Å². The number of carbonyl (C=O) groups is 1. The number of hydrogen-bond donors (Lipinski definition) is 0. The van der Waals surface area contributed by atoms with Gasteiger partial charge in [0.25, 0.3) is 0 Å². The summed E-state index contributed by atoms with van der Waals surface area (Å²) in [5.41, 5.74) is 1.62. The van der Waals surface area contributed by atoms with Gasteiger partial charge >= 0.3 is 0 Å². The van der Waals surface area contributed by atoms with Gasteiger partial charge in [0.05, 0.1) is 0 Å². The Morgan fingerprint density at radius 2 is 2.38 bits per heavy atom. The lowest BCUT2D eigenvalue weighted by Crippen LogP contribution is -2.00. The van der Waals surface area contributed by atoms with Crippen LogP contribution in [0.1, 0.15) is 11.1 Å². The quantitative estimate of drug-likeness (QED) is 0.739. The Kier molecular flexibility index (Phi) is 2.81. The van der Waals surface area contributed by atoms with Crippen molar-refractivity contribution in [2.45, 2.75) is 13.3 Å². The van der Waals surface area contributed by atoms with Crippen LogP contribution in [-0.2, 0) is 11.2 Å². The number of aryl methyl sites for hydroxylation is 1. The lowest BCUT2D eigenvalue weighted by molar-refractivity contribution is -0.107. The van der Waals surface area contributed by atoms with Gasteiger partial charge in [-0.25, -0.2) is 9.37 Å². The molecule has 0 spiro atoms. The molecule has 16 heavy (non-hydrogen) atoms. The molecule has 0 aliphatic carbocycles. The summed E-state index contributed by atoms with van der Waals surface area (Å²) in [6, 6.07) is 3.21.